The molecule has 3 rings (SSSR count). The molecule has 2 heterocycles. The number of rotatable bonds is 3. The van der Waals surface area contributed by atoms with Crippen LogP contribution in [0, 0.1) is 0 Å². The van der Waals surface area contributed by atoms with Crippen LogP contribution in [0.1, 0.15) is 42.6 Å². The van der Waals surface area contributed by atoms with E-state index in [0.29, 0.717) is 18.2 Å². The highest BCUT2D eigenvalue weighted by molar-refractivity contribution is 6.01. The van der Waals surface area contributed by atoms with E-state index in [1.54, 1.807) is 4.90 Å². The van der Waals surface area contributed by atoms with Crippen molar-refractivity contribution in [2.75, 3.05) is 25.5 Å². The van der Waals surface area contributed by atoms with Gasteiger partial charge < -0.3 is 10.2 Å². The van der Waals surface area contributed by atoms with Gasteiger partial charge in [-0.15, -0.1) is 0 Å². The molecule has 1 atom stereocenters. The molecule has 0 aliphatic carbocycles. The van der Waals surface area contributed by atoms with Gasteiger partial charge in [0.25, 0.3) is 5.91 Å². The fourth-order valence-electron chi connectivity index (χ4n) is 3.67. The Morgan fingerprint density at radius 3 is 2.83 bits per heavy atom. The Morgan fingerprint density at radius 1 is 1.30 bits per heavy atom. The summed E-state index contributed by atoms with van der Waals surface area (Å²) >= 11 is 0. The van der Waals surface area contributed by atoms with Crippen LogP contribution < -0.4 is 5.32 Å². The van der Waals surface area contributed by atoms with Gasteiger partial charge in [-0.3, -0.25) is 14.5 Å². The summed E-state index contributed by atoms with van der Waals surface area (Å²) < 4.78 is 0. The number of carbonyl (C=O) groups is 2. The first kappa shape index (κ1) is 16.0. The summed E-state index contributed by atoms with van der Waals surface area (Å²) in [6.45, 7) is 5.93. The number of nitrogens with one attached hydrogen (secondary N) is 1. The Hall–Kier alpha value is -1.88. The van der Waals surface area contributed by atoms with E-state index in [-0.39, 0.29) is 17.9 Å². The summed E-state index contributed by atoms with van der Waals surface area (Å²) in [5.41, 5.74) is 2.48. The van der Waals surface area contributed by atoms with Crippen molar-refractivity contribution in [1.29, 1.82) is 0 Å². The number of likely N-dealkylation sites (N-methyl/N-ethyl adjacent to an activating group) is 1. The van der Waals surface area contributed by atoms with Gasteiger partial charge >= 0.3 is 0 Å². The SMILES string of the molecule is CC(C)N1CCCC1C(=O)Nc1cccc2c1CCN(C)C2=O. The minimum atomic E-state index is -0.0622. The van der Waals surface area contributed by atoms with Crippen LogP contribution in [0.5, 0.6) is 0 Å². The third kappa shape index (κ3) is 2.98. The van der Waals surface area contributed by atoms with Crippen molar-refractivity contribution in [2.45, 2.75) is 45.2 Å². The smallest absolute Gasteiger partial charge is 0.253 e. The van der Waals surface area contributed by atoms with Crippen LogP contribution in [0.15, 0.2) is 18.2 Å². The van der Waals surface area contributed by atoms with Gasteiger partial charge in [-0.25, -0.2) is 0 Å². The zero-order valence-electron chi connectivity index (χ0n) is 14.1. The molecular formula is C18H25N3O2. The minimum absolute atomic E-state index is 0.0343. The van der Waals surface area contributed by atoms with Crippen molar-refractivity contribution < 1.29 is 9.59 Å². The monoisotopic (exact) mass is 315 g/mol. The summed E-state index contributed by atoms with van der Waals surface area (Å²) in [4.78, 5) is 29.0. The van der Waals surface area contributed by atoms with Crippen LogP contribution in [0.4, 0.5) is 5.69 Å². The minimum Gasteiger partial charge on any atom is -0.341 e. The first-order chi connectivity index (χ1) is 11.0. The number of likely N-dealkylation sites (tertiary alicyclic amines) is 1. The first-order valence-corrected chi connectivity index (χ1v) is 8.43. The van der Waals surface area contributed by atoms with E-state index in [9.17, 15) is 9.59 Å². The molecule has 23 heavy (non-hydrogen) atoms. The molecular weight excluding hydrogens is 290 g/mol. The number of fused-ring (bicyclic) bond motifs is 1. The second kappa shape index (κ2) is 6.32. The highest BCUT2D eigenvalue weighted by Gasteiger charge is 2.33. The average Bonchev–Trinajstić information content (AvgIpc) is 3.01. The molecule has 0 radical (unpaired) electrons. The van der Waals surface area contributed by atoms with Crippen molar-refractivity contribution in [1.82, 2.24) is 9.80 Å². The van der Waals surface area contributed by atoms with Crippen LogP contribution in [0.2, 0.25) is 0 Å². The predicted octanol–water partition coefficient (Wildman–Crippen LogP) is 2.13. The number of amides is 2. The van der Waals surface area contributed by atoms with E-state index < -0.39 is 0 Å². The molecule has 0 bridgehead atoms. The highest BCUT2D eigenvalue weighted by Crippen LogP contribution is 2.27. The van der Waals surface area contributed by atoms with Gasteiger partial charge in [-0.1, -0.05) is 6.07 Å². The van der Waals surface area contributed by atoms with E-state index in [4.69, 9.17) is 0 Å². The van der Waals surface area contributed by atoms with Crippen molar-refractivity contribution in [3.05, 3.63) is 29.3 Å². The Balaban J connectivity index is 1.81. The predicted molar refractivity (Wildman–Crippen MR) is 90.6 cm³/mol. The molecule has 5 nitrogen and oxygen atoms in total. The van der Waals surface area contributed by atoms with E-state index in [2.05, 4.69) is 24.1 Å². The van der Waals surface area contributed by atoms with Crippen LogP contribution in [-0.4, -0.2) is 53.8 Å². The third-order valence-corrected chi connectivity index (χ3v) is 4.97. The molecule has 1 unspecified atom stereocenters. The molecule has 124 valence electrons. The van der Waals surface area contributed by atoms with Crippen molar-refractivity contribution in [3.63, 3.8) is 0 Å². The van der Waals surface area contributed by atoms with Crippen molar-refractivity contribution in [2.24, 2.45) is 0 Å². The lowest BCUT2D eigenvalue weighted by Crippen LogP contribution is -2.43. The van der Waals surface area contributed by atoms with Crippen molar-refractivity contribution in [3.8, 4) is 0 Å². The molecule has 0 saturated carbocycles. The second-order valence-electron chi connectivity index (χ2n) is 6.79. The summed E-state index contributed by atoms with van der Waals surface area (Å²) in [6.07, 6.45) is 2.75. The van der Waals surface area contributed by atoms with Gasteiger partial charge in [0.05, 0.1) is 6.04 Å². The molecule has 1 saturated heterocycles. The van der Waals surface area contributed by atoms with Gasteiger partial charge in [-0.2, -0.15) is 0 Å². The van der Waals surface area contributed by atoms with Gasteiger partial charge in [0.1, 0.15) is 0 Å². The lowest BCUT2D eigenvalue weighted by molar-refractivity contribution is -0.120. The fraction of sp³-hybridized carbons (Fsp3) is 0.556. The first-order valence-electron chi connectivity index (χ1n) is 8.43. The number of carbonyl (C=O) groups excluding carboxylic acids is 2. The molecule has 1 aromatic carbocycles. The maximum absolute atomic E-state index is 12.7. The van der Waals surface area contributed by atoms with Crippen LogP contribution in [-0.2, 0) is 11.2 Å². The number of benzene rings is 1. The molecule has 1 aromatic rings. The van der Waals surface area contributed by atoms with E-state index >= 15 is 0 Å². The van der Waals surface area contributed by atoms with Crippen LogP contribution in [0.25, 0.3) is 0 Å². The maximum Gasteiger partial charge on any atom is 0.253 e. The lowest BCUT2D eigenvalue weighted by atomic mass is 9.97. The summed E-state index contributed by atoms with van der Waals surface area (Å²) in [7, 11) is 1.82. The lowest BCUT2D eigenvalue weighted by Gasteiger charge is -2.29. The normalized spacial score (nSPS) is 21.7. The van der Waals surface area contributed by atoms with Gasteiger partial charge in [-0.05, 0) is 57.4 Å². The number of nitrogens with zero attached hydrogens (tertiary/aromatic N) is 2. The zero-order valence-corrected chi connectivity index (χ0v) is 14.1. The molecule has 0 aromatic heterocycles. The Labute approximate surface area is 137 Å². The van der Waals surface area contributed by atoms with Gasteiger partial charge in [0.15, 0.2) is 0 Å². The second-order valence-corrected chi connectivity index (χ2v) is 6.79. The van der Waals surface area contributed by atoms with Crippen molar-refractivity contribution >= 4 is 17.5 Å². The largest absolute Gasteiger partial charge is 0.341 e. The zero-order chi connectivity index (χ0) is 16.6. The Morgan fingerprint density at radius 2 is 2.09 bits per heavy atom. The Bertz CT molecular complexity index is 627. The molecule has 2 aliphatic heterocycles. The van der Waals surface area contributed by atoms with Gasteiger partial charge in [0.2, 0.25) is 5.91 Å². The Kier molecular flexibility index (Phi) is 4.39. The average molecular weight is 315 g/mol. The summed E-state index contributed by atoms with van der Waals surface area (Å²) in [6, 6.07) is 5.91. The molecule has 5 heteroatoms. The number of anilines is 1. The molecule has 1 fully saturated rings. The fourth-order valence-corrected chi connectivity index (χ4v) is 3.67. The van der Waals surface area contributed by atoms with Crippen LogP contribution >= 0.6 is 0 Å². The molecule has 2 aliphatic rings. The molecule has 1 N–H and O–H groups in total. The number of hydrogen-bond donors (Lipinski definition) is 1. The maximum atomic E-state index is 12.7. The summed E-state index contributed by atoms with van der Waals surface area (Å²) in [5, 5.41) is 3.08. The van der Waals surface area contributed by atoms with Crippen LogP contribution in [0.3, 0.4) is 0 Å². The number of hydrogen-bond acceptors (Lipinski definition) is 3. The topological polar surface area (TPSA) is 52.7 Å². The van der Waals surface area contributed by atoms with E-state index in [1.807, 2.05) is 25.2 Å². The van der Waals surface area contributed by atoms with Gasteiger partial charge in [0, 0.05) is 30.9 Å². The highest BCUT2D eigenvalue weighted by atomic mass is 16.2. The molecule has 2 amide bonds. The third-order valence-electron chi connectivity index (χ3n) is 4.97. The van der Waals surface area contributed by atoms with E-state index in [1.165, 1.54) is 0 Å². The molecule has 0 spiro atoms. The van der Waals surface area contributed by atoms with E-state index in [0.717, 1.165) is 37.1 Å². The standard InChI is InChI=1S/C18H25N3O2/c1-12(2)21-10-5-8-16(21)17(22)19-15-7-4-6-14-13(15)9-11-20(3)18(14)23/h4,6-7,12,16H,5,8-11H2,1-3H3,(H,19,22). The summed E-state index contributed by atoms with van der Waals surface area (Å²) in [5.74, 6) is 0.0861. The quantitative estimate of drug-likeness (QED) is 0.929.